The molecule has 1 heterocycles. The van der Waals surface area contributed by atoms with Gasteiger partial charge in [0.1, 0.15) is 11.3 Å². The zero-order valence-electron chi connectivity index (χ0n) is 10.5. The molecule has 19 heavy (non-hydrogen) atoms. The van der Waals surface area contributed by atoms with Gasteiger partial charge in [0, 0.05) is 24.0 Å². The Kier molecular flexibility index (Phi) is 3.21. The van der Waals surface area contributed by atoms with E-state index >= 15 is 0 Å². The Hall–Kier alpha value is -2.26. The molecule has 0 amide bonds. The van der Waals surface area contributed by atoms with Gasteiger partial charge < -0.3 is 14.8 Å². The number of aromatic hydroxyl groups is 1. The second-order valence-electron chi connectivity index (χ2n) is 4.53. The van der Waals surface area contributed by atoms with Crippen LogP contribution in [-0.4, -0.2) is 5.11 Å². The Labute approximate surface area is 111 Å². The van der Waals surface area contributed by atoms with E-state index in [2.05, 4.69) is 11.4 Å². The molecule has 0 fully saturated rings. The number of benzene rings is 2. The molecule has 3 heteroatoms. The zero-order chi connectivity index (χ0) is 13.1. The second kappa shape index (κ2) is 5.16. The lowest BCUT2D eigenvalue weighted by Crippen LogP contribution is -2.12. The van der Waals surface area contributed by atoms with Crippen LogP contribution in [0.15, 0.2) is 59.2 Å². The van der Waals surface area contributed by atoms with Gasteiger partial charge in [-0.3, -0.25) is 0 Å². The molecule has 0 saturated carbocycles. The molecule has 0 aliphatic heterocycles. The standard InChI is InChI=1S/C16H15NO2/c18-14-7-5-12(6-8-14)9-17-10-13-11-19-16-4-2-1-3-15(13)16/h1-8,11,17-18H,9-10H2. The first-order chi connectivity index (χ1) is 9.33. The highest BCUT2D eigenvalue weighted by Gasteiger charge is 2.04. The number of hydrogen-bond acceptors (Lipinski definition) is 3. The van der Waals surface area contributed by atoms with E-state index in [1.807, 2.05) is 30.3 Å². The number of para-hydroxylation sites is 1. The third-order valence-corrected chi connectivity index (χ3v) is 3.14. The Morgan fingerprint density at radius 3 is 2.58 bits per heavy atom. The maximum absolute atomic E-state index is 9.22. The molecule has 0 aliphatic carbocycles. The normalized spacial score (nSPS) is 10.9. The van der Waals surface area contributed by atoms with E-state index in [0.717, 1.165) is 35.2 Å². The molecule has 0 aliphatic rings. The zero-order valence-corrected chi connectivity index (χ0v) is 10.5. The van der Waals surface area contributed by atoms with Crippen molar-refractivity contribution in [2.45, 2.75) is 13.1 Å². The molecular formula is C16H15NO2. The summed E-state index contributed by atoms with van der Waals surface area (Å²) < 4.78 is 5.49. The van der Waals surface area contributed by atoms with E-state index in [1.165, 1.54) is 0 Å². The first-order valence-electron chi connectivity index (χ1n) is 6.27. The molecular weight excluding hydrogens is 238 g/mol. The maximum Gasteiger partial charge on any atom is 0.134 e. The minimum atomic E-state index is 0.296. The minimum absolute atomic E-state index is 0.296. The van der Waals surface area contributed by atoms with Gasteiger partial charge in [-0.15, -0.1) is 0 Å². The fraction of sp³-hybridized carbons (Fsp3) is 0.125. The van der Waals surface area contributed by atoms with Crippen LogP contribution in [0.4, 0.5) is 0 Å². The summed E-state index contributed by atoms with van der Waals surface area (Å²) in [5, 5.41) is 13.7. The molecule has 0 atom stereocenters. The third-order valence-electron chi connectivity index (χ3n) is 3.14. The maximum atomic E-state index is 9.22. The van der Waals surface area contributed by atoms with Gasteiger partial charge in [-0.25, -0.2) is 0 Å². The van der Waals surface area contributed by atoms with Crippen molar-refractivity contribution in [1.82, 2.24) is 5.32 Å². The van der Waals surface area contributed by atoms with Gasteiger partial charge in [0.05, 0.1) is 6.26 Å². The van der Waals surface area contributed by atoms with Gasteiger partial charge in [0.15, 0.2) is 0 Å². The molecule has 0 unspecified atom stereocenters. The summed E-state index contributed by atoms with van der Waals surface area (Å²) in [6, 6.07) is 15.2. The van der Waals surface area contributed by atoms with Crippen molar-refractivity contribution in [2.75, 3.05) is 0 Å². The SMILES string of the molecule is Oc1ccc(CNCc2coc3ccccc23)cc1. The summed E-state index contributed by atoms with van der Waals surface area (Å²) in [5.41, 5.74) is 3.23. The third kappa shape index (κ3) is 2.61. The predicted molar refractivity (Wildman–Crippen MR) is 74.9 cm³/mol. The molecule has 0 saturated heterocycles. The molecule has 0 radical (unpaired) electrons. The van der Waals surface area contributed by atoms with Crippen LogP contribution in [0.5, 0.6) is 5.75 Å². The lowest BCUT2D eigenvalue weighted by Gasteiger charge is -2.04. The van der Waals surface area contributed by atoms with Crippen molar-refractivity contribution >= 4 is 11.0 Å². The average molecular weight is 253 g/mol. The van der Waals surface area contributed by atoms with E-state index in [1.54, 1.807) is 18.4 Å². The first-order valence-corrected chi connectivity index (χ1v) is 6.27. The van der Waals surface area contributed by atoms with Gasteiger partial charge in [-0.1, -0.05) is 30.3 Å². The summed E-state index contributed by atoms with van der Waals surface area (Å²) >= 11 is 0. The first kappa shape index (κ1) is 11.8. The van der Waals surface area contributed by atoms with Gasteiger partial charge in [0.25, 0.3) is 0 Å². The molecule has 3 rings (SSSR count). The number of phenols is 1. The molecule has 3 aromatic rings. The van der Waals surface area contributed by atoms with Crippen molar-refractivity contribution in [3.05, 3.63) is 65.9 Å². The van der Waals surface area contributed by atoms with Gasteiger partial charge in [-0.2, -0.15) is 0 Å². The van der Waals surface area contributed by atoms with E-state index in [0.29, 0.717) is 5.75 Å². The molecule has 96 valence electrons. The number of hydrogen-bond donors (Lipinski definition) is 2. The van der Waals surface area contributed by atoms with Crippen LogP contribution in [0.25, 0.3) is 11.0 Å². The summed E-state index contributed by atoms with van der Waals surface area (Å²) in [5.74, 6) is 0.296. The minimum Gasteiger partial charge on any atom is -0.508 e. The van der Waals surface area contributed by atoms with E-state index in [4.69, 9.17) is 4.42 Å². The largest absolute Gasteiger partial charge is 0.508 e. The van der Waals surface area contributed by atoms with Crippen molar-refractivity contribution in [3.8, 4) is 5.75 Å². The van der Waals surface area contributed by atoms with Crippen molar-refractivity contribution in [3.63, 3.8) is 0 Å². The van der Waals surface area contributed by atoms with Gasteiger partial charge in [-0.05, 0) is 23.8 Å². The highest BCUT2D eigenvalue weighted by molar-refractivity contribution is 5.80. The predicted octanol–water partition coefficient (Wildman–Crippen LogP) is 3.43. The van der Waals surface area contributed by atoms with Crippen LogP contribution in [0.3, 0.4) is 0 Å². The molecule has 3 nitrogen and oxygen atoms in total. The van der Waals surface area contributed by atoms with Crippen LogP contribution in [0.2, 0.25) is 0 Å². The van der Waals surface area contributed by atoms with Crippen LogP contribution < -0.4 is 5.32 Å². The fourth-order valence-electron chi connectivity index (χ4n) is 2.12. The number of rotatable bonds is 4. The van der Waals surface area contributed by atoms with Crippen molar-refractivity contribution in [2.24, 2.45) is 0 Å². The summed E-state index contributed by atoms with van der Waals surface area (Å²) in [7, 11) is 0. The van der Waals surface area contributed by atoms with Crippen LogP contribution in [0.1, 0.15) is 11.1 Å². The van der Waals surface area contributed by atoms with Crippen molar-refractivity contribution in [1.29, 1.82) is 0 Å². The highest BCUT2D eigenvalue weighted by Crippen LogP contribution is 2.20. The monoisotopic (exact) mass is 253 g/mol. The Morgan fingerprint density at radius 2 is 1.74 bits per heavy atom. The number of nitrogens with one attached hydrogen (secondary N) is 1. The Morgan fingerprint density at radius 1 is 0.947 bits per heavy atom. The van der Waals surface area contributed by atoms with Gasteiger partial charge in [0.2, 0.25) is 0 Å². The topological polar surface area (TPSA) is 45.4 Å². The fourth-order valence-corrected chi connectivity index (χ4v) is 2.12. The Bertz CT molecular complexity index is 671. The quantitative estimate of drug-likeness (QED) is 0.748. The molecule has 2 N–H and O–H groups in total. The van der Waals surface area contributed by atoms with Crippen LogP contribution >= 0.6 is 0 Å². The summed E-state index contributed by atoms with van der Waals surface area (Å²) in [6.07, 6.45) is 1.80. The van der Waals surface area contributed by atoms with Gasteiger partial charge >= 0.3 is 0 Å². The molecule has 2 aromatic carbocycles. The molecule has 0 bridgehead atoms. The van der Waals surface area contributed by atoms with Crippen molar-refractivity contribution < 1.29 is 9.52 Å². The summed E-state index contributed by atoms with van der Waals surface area (Å²) in [4.78, 5) is 0. The number of fused-ring (bicyclic) bond motifs is 1. The number of furan rings is 1. The van der Waals surface area contributed by atoms with Crippen LogP contribution in [0, 0.1) is 0 Å². The lowest BCUT2D eigenvalue weighted by molar-refractivity contribution is 0.475. The second-order valence-corrected chi connectivity index (χ2v) is 4.53. The van der Waals surface area contributed by atoms with E-state index in [-0.39, 0.29) is 0 Å². The Balaban J connectivity index is 1.65. The highest BCUT2D eigenvalue weighted by atomic mass is 16.3. The molecule has 0 spiro atoms. The molecule has 1 aromatic heterocycles. The smallest absolute Gasteiger partial charge is 0.134 e. The van der Waals surface area contributed by atoms with E-state index in [9.17, 15) is 5.11 Å². The van der Waals surface area contributed by atoms with E-state index < -0.39 is 0 Å². The van der Waals surface area contributed by atoms with Crippen LogP contribution in [-0.2, 0) is 13.1 Å². The number of phenolic OH excluding ortho intramolecular Hbond substituents is 1. The summed E-state index contributed by atoms with van der Waals surface area (Å²) in [6.45, 7) is 1.53. The lowest BCUT2D eigenvalue weighted by atomic mass is 10.1. The average Bonchev–Trinajstić information content (AvgIpc) is 2.85.